The molecule has 1 aromatic heterocycles. The number of aromatic nitrogens is 2. The second kappa shape index (κ2) is 4.66. The topological polar surface area (TPSA) is 57.8 Å². The quantitative estimate of drug-likeness (QED) is 0.778. The molecule has 1 aliphatic carbocycles. The first-order chi connectivity index (χ1) is 10.7. The summed E-state index contributed by atoms with van der Waals surface area (Å²) in [6.07, 6.45) is 3.28. The Labute approximate surface area is 126 Å². The molecule has 0 unspecified atom stereocenters. The standard InChI is InChI=1S/C17H14FN3O/c18-13-6-4-12(5-7-13)17(8-9-17)16(22)20-14-3-1-2-11-10-19-21-15(11)14/h1-7,10H,8-9H2,(H,19,21)(H,20,22). The molecular formula is C17H14FN3O. The van der Waals surface area contributed by atoms with Crippen molar-refractivity contribution < 1.29 is 9.18 Å². The molecular weight excluding hydrogens is 281 g/mol. The van der Waals surface area contributed by atoms with E-state index in [0.717, 1.165) is 29.3 Å². The molecule has 1 fully saturated rings. The average molecular weight is 295 g/mol. The van der Waals surface area contributed by atoms with E-state index in [1.165, 1.54) is 12.1 Å². The molecule has 1 saturated carbocycles. The van der Waals surface area contributed by atoms with Crippen LogP contribution in [0.2, 0.25) is 0 Å². The summed E-state index contributed by atoms with van der Waals surface area (Å²) < 4.78 is 13.1. The number of fused-ring (bicyclic) bond motifs is 1. The Morgan fingerprint density at radius 1 is 1.18 bits per heavy atom. The molecule has 4 rings (SSSR count). The van der Waals surface area contributed by atoms with Gasteiger partial charge in [0.15, 0.2) is 0 Å². The normalized spacial score (nSPS) is 15.7. The lowest BCUT2D eigenvalue weighted by atomic mass is 9.95. The van der Waals surface area contributed by atoms with Gasteiger partial charge < -0.3 is 5.32 Å². The molecule has 1 amide bonds. The second-order valence-electron chi connectivity index (χ2n) is 5.68. The highest BCUT2D eigenvalue weighted by atomic mass is 19.1. The molecule has 5 heteroatoms. The molecule has 2 N–H and O–H groups in total. The van der Waals surface area contributed by atoms with Crippen molar-refractivity contribution in [3.63, 3.8) is 0 Å². The predicted molar refractivity (Wildman–Crippen MR) is 82.0 cm³/mol. The first-order valence-electron chi connectivity index (χ1n) is 7.19. The van der Waals surface area contributed by atoms with Crippen LogP contribution < -0.4 is 5.32 Å². The molecule has 2 aromatic carbocycles. The molecule has 1 aliphatic rings. The second-order valence-corrected chi connectivity index (χ2v) is 5.68. The lowest BCUT2D eigenvalue weighted by Gasteiger charge is -2.16. The van der Waals surface area contributed by atoms with E-state index < -0.39 is 5.41 Å². The van der Waals surface area contributed by atoms with Crippen molar-refractivity contribution in [3.05, 3.63) is 60.0 Å². The number of nitrogens with one attached hydrogen (secondary N) is 2. The molecule has 0 atom stereocenters. The number of nitrogens with zero attached hydrogens (tertiary/aromatic N) is 1. The van der Waals surface area contributed by atoms with Crippen LogP contribution in [-0.2, 0) is 10.2 Å². The summed E-state index contributed by atoms with van der Waals surface area (Å²) in [5.41, 5.74) is 1.86. The number of H-pyrrole nitrogens is 1. The Morgan fingerprint density at radius 2 is 1.95 bits per heavy atom. The van der Waals surface area contributed by atoms with Crippen LogP contribution in [0.1, 0.15) is 18.4 Å². The van der Waals surface area contributed by atoms with Gasteiger partial charge in [0.2, 0.25) is 5.91 Å². The maximum Gasteiger partial charge on any atom is 0.235 e. The molecule has 110 valence electrons. The van der Waals surface area contributed by atoms with E-state index in [0.29, 0.717) is 5.69 Å². The van der Waals surface area contributed by atoms with Gasteiger partial charge in [-0.2, -0.15) is 5.10 Å². The molecule has 4 nitrogen and oxygen atoms in total. The average Bonchev–Trinajstić information content (AvgIpc) is 3.19. The fourth-order valence-corrected chi connectivity index (χ4v) is 2.86. The third-order valence-corrected chi connectivity index (χ3v) is 4.31. The number of aromatic amines is 1. The number of para-hydroxylation sites is 1. The van der Waals surface area contributed by atoms with Crippen LogP contribution in [0, 0.1) is 5.82 Å². The van der Waals surface area contributed by atoms with Gasteiger partial charge in [-0.25, -0.2) is 4.39 Å². The largest absolute Gasteiger partial charge is 0.323 e. The molecule has 1 heterocycles. The Bertz CT molecular complexity index is 850. The van der Waals surface area contributed by atoms with Gasteiger partial charge >= 0.3 is 0 Å². The Kier molecular flexibility index (Phi) is 2.76. The van der Waals surface area contributed by atoms with Crippen LogP contribution in [0.25, 0.3) is 10.9 Å². The lowest BCUT2D eigenvalue weighted by molar-refractivity contribution is -0.118. The smallest absolute Gasteiger partial charge is 0.235 e. The number of hydrogen-bond acceptors (Lipinski definition) is 2. The van der Waals surface area contributed by atoms with Gasteiger partial charge in [-0.1, -0.05) is 24.3 Å². The van der Waals surface area contributed by atoms with E-state index in [2.05, 4.69) is 15.5 Å². The zero-order chi connectivity index (χ0) is 15.2. The molecule has 0 spiro atoms. The number of carbonyl (C=O) groups is 1. The van der Waals surface area contributed by atoms with Crippen molar-refractivity contribution in [3.8, 4) is 0 Å². The van der Waals surface area contributed by atoms with Gasteiger partial charge in [-0.3, -0.25) is 9.89 Å². The highest BCUT2D eigenvalue weighted by Gasteiger charge is 2.51. The Morgan fingerprint density at radius 3 is 2.68 bits per heavy atom. The molecule has 22 heavy (non-hydrogen) atoms. The molecule has 0 radical (unpaired) electrons. The van der Waals surface area contributed by atoms with Gasteiger partial charge in [0.05, 0.1) is 22.8 Å². The summed E-state index contributed by atoms with van der Waals surface area (Å²) >= 11 is 0. The summed E-state index contributed by atoms with van der Waals surface area (Å²) in [7, 11) is 0. The van der Waals surface area contributed by atoms with E-state index >= 15 is 0 Å². The van der Waals surface area contributed by atoms with Crippen LogP contribution in [0.3, 0.4) is 0 Å². The summed E-state index contributed by atoms with van der Waals surface area (Å²) in [6.45, 7) is 0. The van der Waals surface area contributed by atoms with Crippen LogP contribution in [0.15, 0.2) is 48.7 Å². The van der Waals surface area contributed by atoms with Gasteiger partial charge in [0.25, 0.3) is 0 Å². The number of benzene rings is 2. The monoisotopic (exact) mass is 295 g/mol. The van der Waals surface area contributed by atoms with Crippen LogP contribution in [-0.4, -0.2) is 16.1 Å². The maximum absolute atomic E-state index is 13.1. The van der Waals surface area contributed by atoms with E-state index in [-0.39, 0.29) is 11.7 Å². The molecule has 0 aliphatic heterocycles. The number of rotatable bonds is 3. The fourth-order valence-electron chi connectivity index (χ4n) is 2.86. The minimum atomic E-state index is -0.532. The minimum absolute atomic E-state index is 0.0544. The Hall–Kier alpha value is -2.69. The molecule has 3 aromatic rings. The zero-order valence-corrected chi connectivity index (χ0v) is 11.8. The van der Waals surface area contributed by atoms with Crippen molar-refractivity contribution >= 4 is 22.5 Å². The summed E-state index contributed by atoms with van der Waals surface area (Å²) in [5.74, 6) is -0.344. The number of halogens is 1. The van der Waals surface area contributed by atoms with Gasteiger partial charge in [-0.15, -0.1) is 0 Å². The molecule has 0 saturated heterocycles. The Balaban J connectivity index is 1.65. The van der Waals surface area contributed by atoms with Crippen molar-refractivity contribution in [2.75, 3.05) is 5.32 Å². The van der Waals surface area contributed by atoms with Crippen LogP contribution >= 0.6 is 0 Å². The van der Waals surface area contributed by atoms with Gasteiger partial charge in [0.1, 0.15) is 5.82 Å². The molecule has 0 bridgehead atoms. The predicted octanol–water partition coefficient (Wildman–Crippen LogP) is 3.37. The van der Waals surface area contributed by atoms with Crippen molar-refractivity contribution in [2.45, 2.75) is 18.3 Å². The van der Waals surface area contributed by atoms with Gasteiger partial charge in [-0.05, 0) is 36.6 Å². The summed E-state index contributed by atoms with van der Waals surface area (Å²) in [6, 6.07) is 11.8. The number of hydrogen-bond donors (Lipinski definition) is 2. The number of anilines is 1. The van der Waals surface area contributed by atoms with Crippen molar-refractivity contribution in [1.82, 2.24) is 10.2 Å². The minimum Gasteiger partial charge on any atom is -0.323 e. The van der Waals surface area contributed by atoms with Gasteiger partial charge in [0, 0.05) is 5.39 Å². The number of amides is 1. The highest BCUT2D eigenvalue weighted by molar-refractivity contribution is 6.06. The maximum atomic E-state index is 13.1. The first kappa shape index (κ1) is 13.0. The lowest BCUT2D eigenvalue weighted by Crippen LogP contribution is -2.27. The summed E-state index contributed by atoms with van der Waals surface area (Å²) in [5, 5.41) is 10.8. The van der Waals surface area contributed by atoms with Crippen LogP contribution in [0.5, 0.6) is 0 Å². The van der Waals surface area contributed by atoms with E-state index in [1.54, 1.807) is 18.3 Å². The van der Waals surface area contributed by atoms with Crippen molar-refractivity contribution in [1.29, 1.82) is 0 Å². The van der Waals surface area contributed by atoms with E-state index in [1.807, 2.05) is 18.2 Å². The first-order valence-corrected chi connectivity index (χ1v) is 7.19. The zero-order valence-electron chi connectivity index (χ0n) is 11.8. The highest BCUT2D eigenvalue weighted by Crippen LogP contribution is 2.49. The van der Waals surface area contributed by atoms with E-state index in [4.69, 9.17) is 0 Å². The van der Waals surface area contributed by atoms with E-state index in [9.17, 15) is 9.18 Å². The van der Waals surface area contributed by atoms with Crippen molar-refractivity contribution in [2.24, 2.45) is 0 Å². The van der Waals surface area contributed by atoms with Crippen LogP contribution in [0.4, 0.5) is 10.1 Å². The third-order valence-electron chi connectivity index (χ3n) is 4.31. The number of carbonyl (C=O) groups excluding carboxylic acids is 1. The summed E-state index contributed by atoms with van der Waals surface area (Å²) in [4.78, 5) is 12.7. The third kappa shape index (κ3) is 1.97. The SMILES string of the molecule is O=C(Nc1cccc2cn[nH]c12)C1(c2ccc(F)cc2)CC1. The fraction of sp³-hybridized carbons (Fsp3) is 0.176.